The number of hydrogen-bond donors (Lipinski definition) is 3. The first-order chi connectivity index (χ1) is 12.5. The van der Waals surface area contributed by atoms with Crippen molar-refractivity contribution in [1.29, 1.82) is 0 Å². The molecule has 1 unspecified atom stereocenters. The van der Waals surface area contributed by atoms with Gasteiger partial charge in [-0.25, -0.2) is 0 Å². The summed E-state index contributed by atoms with van der Waals surface area (Å²) in [6.45, 7) is 2.05. The minimum Gasteiger partial charge on any atom is -0.350 e. The van der Waals surface area contributed by atoms with Crippen LogP contribution in [0.2, 0.25) is 0 Å². The Hall–Kier alpha value is -2.66. The summed E-state index contributed by atoms with van der Waals surface area (Å²) in [4.78, 5) is 24.6. The molecule has 0 radical (unpaired) electrons. The highest BCUT2D eigenvalue weighted by molar-refractivity contribution is 5.93. The van der Waals surface area contributed by atoms with Gasteiger partial charge in [0.05, 0.1) is 0 Å². The lowest BCUT2D eigenvalue weighted by Gasteiger charge is -2.24. The number of anilines is 1. The fourth-order valence-electron chi connectivity index (χ4n) is 2.96. The lowest BCUT2D eigenvalue weighted by atomic mass is 9.85. The molecule has 0 bridgehead atoms. The molecule has 0 heterocycles. The molecule has 2 aromatic carbocycles. The molecule has 2 amide bonds. The monoisotopic (exact) mass is 351 g/mol. The third-order valence-corrected chi connectivity index (χ3v) is 4.97. The van der Waals surface area contributed by atoms with Crippen molar-refractivity contribution in [3.8, 4) is 0 Å². The number of rotatable bonds is 6. The van der Waals surface area contributed by atoms with Gasteiger partial charge < -0.3 is 16.4 Å². The average molecular weight is 351 g/mol. The molecule has 1 aliphatic rings. The predicted molar refractivity (Wildman–Crippen MR) is 102 cm³/mol. The Kier molecular flexibility index (Phi) is 5.38. The van der Waals surface area contributed by atoms with Gasteiger partial charge in [0.2, 0.25) is 11.8 Å². The van der Waals surface area contributed by atoms with E-state index in [4.69, 9.17) is 5.73 Å². The number of amides is 2. The molecule has 1 saturated carbocycles. The molecule has 5 heteroatoms. The van der Waals surface area contributed by atoms with Gasteiger partial charge in [-0.3, -0.25) is 9.59 Å². The van der Waals surface area contributed by atoms with Gasteiger partial charge in [0.25, 0.3) is 0 Å². The second kappa shape index (κ2) is 7.70. The van der Waals surface area contributed by atoms with E-state index in [0.717, 1.165) is 36.1 Å². The summed E-state index contributed by atoms with van der Waals surface area (Å²) in [5.41, 5.74) is 7.56. The quantitative estimate of drug-likeness (QED) is 0.748. The summed E-state index contributed by atoms with van der Waals surface area (Å²) < 4.78 is 0. The van der Waals surface area contributed by atoms with Crippen LogP contribution in [0, 0.1) is 5.92 Å². The first kappa shape index (κ1) is 18.1. The van der Waals surface area contributed by atoms with Crippen LogP contribution in [-0.2, 0) is 21.7 Å². The zero-order valence-corrected chi connectivity index (χ0v) is 15.0. The molecular weight excluding hydrogens is 326 g/mol. The molecule has 2 aromatic rings. The molecule has 1 atom stereocenters. The van der Waals surface area contributed by atoms with Crippen molar-refractivity contribution in [3.05, 3.63) is 65.7 Å². The molecule has 4 N–H and O–H groups in total. The number of hydrogen-bond acceptors (Lipinski definition) is 3. The van der Waals surface area contributed by atoms with Crippen LogP contribution in [0.25, 0.3) is 0 Å². The Morgan fingerprint density at radius 2 is 1.85 bits per heavy atom. The van der Waals surface area contributed by atoms with Crippen LogP contribution in [0.5, 0.6) is 0 Å². The largest absolute Gasteiger partial charge is 0.350 e. The number of nitrogens with one attached hydrogen (secondary N) is 2. The average Bonchev–Trinajstić information content (AvgIpc) is 2.59. The van der Waals surface area contributed by atoms with Gasteiger partial charge >= 0.3 is 0 Å². The first-order valence-corrected chi connectivity index (χ1v) is 8.99. The molecule has 0 aliphatic heterocycles. The minimum atomic E-state index is -1.10. The van der Waals surface area contributed by atoms with Crippen molar-refractivity contribution in [1.82, 2.24) is 5.32 Å². The lowest BCUT2D eigenvalue weighted by Crippen LogP contribution is -2.48. The first-order valence-electron chi connectivity index (χ1n) is 8.99. The predicted octanol–water partition coefficient (Wildman–Crippen LogP) is 2.92. The highest BCUT2D eigenvalue weighted by atomic mass is 16.2. The smallest absolute Gasteiger partial charge is 0.244 e. The lowest BCUT2D eigenvalue weighted by molar-refractivity contribution is -0.126. The molecule has 136 valence electrons. The van der Waals surface area contributed by atoms with Gasteiger partial charge in [-0.05, 0) is 43.0 Å². The summed E-state index contributed by atoms with van der Waals surface area (Å²) in [7, 11) is 0. The van der Waals surface area contributed by atoms with E-state index in [9.17, 15) is 9.59 Å². The zero-order valence-electron chi connectivity index (χ0n) is 15.0. The van der Waals surface area contributed by atoms with E-state index >= 15 is 0 Å². The van der Waals surface area contributed by atoms with Crippen LogP contribution in [0.15, 0.2) is 54.6 Å². The third-order valence-electron chi connectivity index (χ3n) is 4.97. The molecule has 1 aliphatic carbocycles. The van der Waals surface area contributed by atoms with Crippen LogP contribution >= 0.6 is 0 Å². The standard InChI is InChI=1S/C21H25N3O2/c1-21(22,17-10-3-2-4-11-17)20(26)23-14-15-7-5-12-18(13-15)24-19(25)16-8-6-9-16/h2-5,7,10-13,16H,6,8-9,14,22H2,1H3,(H,23,26)(H,24,25). The van der Waals surface area contributed by atoms with E-state index in [1.807, 2.05) is 54.6 Å². The van der Waals surface area contributed by atoms with E-state index in [1.165, 1.54) is 0 Å². The Balaban J connectivity index is 1.59. The van der Waals surface area contributed by atoms with E-state index in [0.29, 0.717) is 6.54 Å². The summed E-state index contributed by atoms with van der Waals surface area (Å²) >= 11 is 0. The normalized spacial score (nSPS) is 16.2. The van der Waals surface area contributed by atoms with Gasteiger partial charge in [0.1, 0.15) is 5.54 Å². The molecule has 26 heavy (non-hydrogen) atoms. The number of nitrogens with two attached hydrogens (primary N) is 1. The summed E-state index contributed by atoms with van der Waals surface area (Å²) in [6.07, 6.45) is 3.07. The van der Waals surface area contributed by atoms with E-state index < -0.39 is 5.54 Å². The van der Waals surface area contributed by atoms with Crippen molar-refractivity contribution >= 4 is 17.5 Å². The van der Waals surface area contributed by atoms with Crippen LogP contribution in [-0.4, -0.2) is 11.8 Å². The fourth-order valence-corrected chi connectivity index (χ4v) is 2.96. The van der Waals surface area contributed by atoms with Gasteiger partial charge in [-0.2, -0.15) is 0 Å². The SMILES string of the molecule is CC(N)(C(=O)NCc1cccc(NC(=O)C2CCC2)c1)c1ccccc1. The molecule has 3 rings (SSSR count). The van der Waals surface area contributed by atoms with Gasteiger partial charge in [0, 0.05) is 18.2 Å². The Bertz CT molecular complexity index is 783. The van der Waals surface area contributed by atoms with Gasteiger partial charge in [-0.1, -0.05) is 48.9 Å². The highest BCUT2D eigenvalue weighted by Gasteiger charge is 2.30. The van der Waals surface area contributed by atoms with Crippen molar-refractivity contribution < 1.29 is 9.59 Å². The van der Waals surface area contributed by atoms with Crippen molar-refractivity contribution in [2.24, 2.45) is 11.7 Å². The Morgan fingerprint density at radius 3 is 2.50 bits per heavy atom. The molecule has 0 spiro atoms. The number of carbonyl (C=O) groups excluding carboxylic acids is 2. The second-order valence-electron chi connectivity index (χ2n) is 7.07. The number of carbonyl (C=O) groups is 2. The van der Waals surface area contributed by atoms with Crippen LogP contribution in [0.1, 0.15) is 37.3 Å². The second-order valence-corrected chi connectivity index (χ2v) is 7.07. The molecular formula is C21H25N3O2. The zero-order chi connectivity index (χ0) is 18.6. The maximum absolute atomic E-state index is 12.5. The summed E-state index contributed by atoms with van der Waals surface area (Å²) in [5, 5.41) is 5.84. The van der Waals surface area contributed by atoms with Crippen molar-refractivity contribution in [2.75, 3.05) is 5.32 Å². The molecule has 5 nitrogen and oxygen atoms in total. The maximum Gasteiger partial charge on any atom is 0.244 e. The maximum atomic E-state index is 12.5. The van der Waals surface area contributed by atoms with Crippen molar-refractivity contribution in [3.63, 3.8) is 0 Å². The third kappa shape index (κ3) is 4.11. The van der Waals surface area contributed by atoms with E-state index in [1.54, 1.807) is 6.92 Å². The Morgan fingerprint density at radius 1 is 1.12 bits per heavy atom. The summed E-state index contributed by atoms with van der Waals surface area (Å²) in [5.74, 6) is -0.0224. The number of benzene rings is 2. The fraction of sp³-hybridized carbons (Fsp3) is 0.333. The van der Waals surface area contributed by atoms with Crippen LogP contribution < -0.4 is 16.4 Å². The topological polar surface area (TPSA) is 84.2 Å². The van der Waals surface area contributed by atoms with Crippen molar-refractivity contribution in [2.45, 2.75) is 38.3 Å². The summed E-state index contributed by atoms with van der Waals surface area (Å²) in [6, 6.07) is 16.8. The molecule has 0 aromatic heterocycles. The molecule has 1 fully saturated rings. The van der Waals surface area contributed by atoms with Gasteiger partial charge in [-0.15, -0.1) is 0 Å². The van der Waals surface area contributed by atoms with Crippen LogP contribution in [0.4, 0.5) is 5.69 Å². The highest BCUT2D eigenvalue weighted by Crippen LogP contribution is 2.27. The van der Waals surface area contributed by atoms with E-state index in [2.05, 4.69) is 10.6 Å². The van der Waals surface area contributed by atoms with Gasteiger partial charge in [0.15, 0.2) is 0 Å². The molecule has 0 saturated heterocycles. The minimum absolute atomic E-state index is 0.0797. The Labute approximate surface area is 154 Å². The van der Waals surface area contributed by atoms with Crippen LogP contribution in [0.3, 0.4) is 0 Å². The van der Waals surface area contributed by atoms with E-state index in [-0.39, 0.29) is 17.7 Å².